The molecule has 0 saturated heterocycles. The van der Waals surface area contributed by atoms with Gasteiger partial charge < -0.3 is 14.1 Å². The lowest BCUT2D eigenvalue weighted by molar-refractivity contribution is -0.121. The number of oxazole rings is 1. The lowest BCUT2D eigenvalue weighted by Crippen LogP contribution is -2.32. The Balaban J connectivity index is 1.94. The highest BCUT2D eigenvalue weighted by molar-refractivity contribution is 5.64. The van der Waals surface area contributed by atoms with E-state index in [1.807, 2.05) is 0 Å². The smallest absolute Gasteiger partial charge is 0.278 e. The first-order chi connectivity index (χ1) is 12.8. The van der Waals surface area contributed by atoms with Gasteiger partial charge >= 0.3 is 0 Å². The second-order valence-corrected chi connectivity index (χ2v) is 6.28. The van der Waals surface area contributed by atoms with Crippen LogP contribution in [0.2, 0.25) is 0 Å². The quantitative estimate of drug-likeness (QED) is 0.659. The Labute approximate surface area is 149 Å². The summed E-state index contributed by atoms with van der Waals surface area (Å²) in [5.41, 5.74) is -0.262. The Hall–Kier alpha value is -2.68. The van der Waals surface area contributed by atoms with E-state index in [2.05, 4.69) is 4.98 Å². The van der Waals surface area contributed by atoms with Gasteiger partial charge in [0.2, 0.25) is 5.89 Å². The number of alkyl halides is 4. The molecule has 142 valence electrons. The van der Waals surface area contributed by atoms with Gasteiger partial charge in [-0.05, 0) is 24.6 Å². The third-order valence-electron chi connectivity index (χ3n) is 4.67. The molecule has 0 saturated carbocycles. The molecule has 27 heavy (non-hydrogen) atoms. The van der Waals surface area contributed by atoms with Crippen LogP contribution in [0.4, 0.5) is 22.0 Å². The van der Waals surface area contributed by atoms with E-state index in [4.69, 9.17) is 4.42 Å². The zero-order valence-electron chi connectivity index (χ0n) is 13.7. The first kappa shape index (κ1) is 17.7. The molecule has 9 heteroatoms. The molecule has 1 aromatic carbocycles. The number of hydrogen-bond acceptors (Lipinski definition) is 3. The molecule has 1 aliphatic carbocycles. The molecule has 1 aliphatic rings. The molecule has 0 aliphatic heterocycles. The average Bonchev–Trinajstić information content (AvgIpc) is 3.26. The van der Waals surface area contributed by atoms with Crippen molar-refractivity contribution in [3.63, 3.8) is 0 Å². The van der Waals surface area contributed by atoms with Crippen LogP contribution in [0.5, 0.6) is 0 Å². The van der Waals surface area contributed by atoms with Gasteiger partial charge in [-0.1, -0.05) is 0 Å². The van der Waals surface area contributed by atoms with Crippen LogP contribution in [0.15, 0.2) is 41.3 Å². The second-order valence-electron chi connectivity index (χ2n) is 6.28. The van der Waals surface area contributed by atoms with Gasteiger partial charge in [0.15, 0.2) is 0 Å². The molecule has 4 nitrogen and oxygen atoms in total. The Bertz CT molecular complexity index is 982. The van der Waals surface area contributed by atoms with E-state index >= 15 is 0 Å². The minimum atomic E-state index is -3.35. The summed E-state index contributed by atoms with van der Waals surface area (Å²) in [7, 11) is 0. The van der Waals surface area contributed by atoms with Crippen molar-refractivity contribution in [2.24, 2.45) is 0 Å². The van der Waals surface area contributed by atoms with Crippen LogP contribution in [0, 0.1) is 5.82 Å². The fourth-order valence-corrected chi connectivity index (χ4v) is 3.36. The van der Waals surface area contributed by atoms with Crippen molar-refractivity contribution in [1.82, 2.24) is 9.55 Å². The number of hydrogen-bond donors (Lipinski definition) is 1. The molecule has 0 amide bonds. The molecular weight excluding hydrogens is 371 g/mol. The number of benzene rings is 1. The van der Waals surface area contributed by atoms with E-state index in [0.717, 1.165) is 12.1 Å². The molecule has 2 aromatic heterocycles. The first-order valence-corrected chi connectivity index (χ1v) is 8.07. The highest BCUT2D eigenvalue weighted by Gasteiger charge is 2.46. The van der Waals surface area contributed by atoms with Gasteiger partial charge in [-0.15, -0.1) is 0 Å². The molecule has 0 fully saturated rings. The fraction of sp³-hybridized carbons (Fsp3) is 0.278. The second kappa shape index (κ2) is 6.19. The third kappa shape index (κ3) is 2.82. The Morgan fingerprint density at radius 2 is 2.07 bits per heavy atom. The van der Waals surface area contributed by atoms with E-state index in [1.54, 1.807) is 0 Å². The van der Waals surface area contributed by atoms with Crippen molar-refractivity contribution in [1.29, 1.82) is 0 Å². The standard InChI is InChI=1S/C18H13F5N2O2/c19-12-2-1-9(7-10(12)16(20)21)25-8-11(17-24-5-6-27-17)14-13(25)3-4-18(22,23)15(14)26/h1-2,5-8,15-16,26H,3-4H2/t15-/m0/s1. The number of halogens is 5. The molecule has 1 N–H and O–H groups in total. The van der Waals surface area contributed by atoms with Gasteiger partial charge in [0.05, 0.1) is 17.3 Å². The van der Waals surface area contributed by atoms with Crippen molar-refractivity contribution in [3.05, 3.63) is 59.5 Å². The molecule has 0 radical (unpaired) electrons. The van der Waals surface area contributed by atoms with Crippen LogP contribution in [0.3, 0.4) is 0 Å². The summed E-state index contributed by atoms with van der Waals surface area (Å²) < 4.78 is 74.4. The normalized spacial score (nSPS) is 18.7. The lowest BCUT2D eigenvalue weighted by Gasteiger charge is -2.29. The predicted octanol–water partition coefficient (Wildman–Crippen LogP) is 4.82. The van der Waals surface area contributed by atoms with Crippen molar-refractivity contribution < 1.29 is 31.5 Å². The molecular formula is C18H13F5N2O2. The Morgan fingerprint density at radius 1 is 1.30 bits per heavy atom. The maximum atomic E-state index is 14.1. The molecule has 4 rings (SSSR count). The Kier molecular flexibility index (Phi) is 4.06. The average molecular weight is 384 g/mol. The van der Waals surface area contributed by atoms with Crippen molar-refractivity contribution in [2.75, 3.05) is 0 Å². The molecule has 2 heterocycles. The largest absolute Gasteiger partial charge is 0.444 e. The fourth-order valence-electron chi connectivity index (χ4n) is 3.36. The lowest BCUT2D eigenvalue weighted by atomic mass is 9.89. The van der Waals surface area contributed by atoms with Crippen LogP contribution in [0.25, 0.3) is 17.1 Å². The van der Waals surface area contributed by atoms with Crippen molar-refractivity contribution in [2.45, 2.75) is 31.3 Å². The van der Waals surface area contributed by atoms with Crippen LogP contribution in [-0.4, -0.2) is 20.6 Å². The summed E-state index contributed by atoms with van der Waals surface area (Å²) in [6, 6.07) is 3.11. The number of rotatable bonds is 3. The minimum absolute atomic E-state index is 0.0120. The molecule has 0 bridgehead atoms. The van der Waals surface area contributed by atoms with Crippen molar-refractivity contribution in [3.8, 4) is 17.1 Å². The third-order valence-corrected chi connectivity index (χ3v) is 4.67. The number of aliphatic hydroxyl groups is 1. The van der Waals surface area contributed by atoms with Gasteiger partial charge in [-0.2, -0.15) is 0 Å². The number of aromatic nitrogens is 2. The van der Waals surface area contributed by atoms with Gasteiger partial charge in [0.25, 0.3) is 12.3 Å². The summed E-state index contributed by atoms with van der Waals surface area (Å²) in [4.78, 5) is 3.93. The summed E-state index contributed by atoms with van der Waals surface area (Å²) in [6.45, 7) is 0. The first-order valence-electron chi connectivity index (χ1n) is 8.07. The number of aliphatic hydroxyl groups excluding tert-OH is 1. The van der Waals surface area contributed by atoms with Crippen molar-refractivity contribution >= 4 is 0 Å². The highest BCUT2D eigenvalue weighted by atomic mass is 19.3. The van der Waals surface area contributed by atoms with Gasteiger partial charge in [0, 0.05) is 29.6 Å². The summed E-state index contributed by atoms with van der Waals surface area (Å²) in [5, 5.41) is 10.2. The van der Waals surface area contributed by atoms with Crippen LogP contribution < -0.4 is 0 Å². The topological polar surface area (TPSA) is 51.2 Å². The van der Waals surface area contributed by atoms with E-state index in [9.17, 15) is 27.1 Å². The van der Waals surface area contributed by atoms with E-state index in [1.165, 1.54) is 29.3 Å². The number of nitrogens with zero attached hydrogens (tertiary/aromatic N) is 2. The van der Waals surface area contributed by atoms with Gasteiger partial charge in [0.1, 0.15) is 18.2 Å². The predicted molar refractivity (Wildman–Crippen MR) is 84.4 cm³/mol. The monoisotopic (exact) mass is 384 g/mol. The SMILES string of the molecule is O[C@H]1c2c(-c3ncco3)cn(-c3ccc(F)c(C(F)F)c3)c2CCC1(F)F. The number of fused-ring (bicyclic) bond motifs is 1. The summed E-state index contributed by atoms with van der Waals surface area (Å²) >= 11 is 0. The molecule has 1 atom stereocenters. The highest BCUT2D eigenvalue weighted by Crippen LogP contribution is 2.46. The molecule has 0 spiro atoms. The molecule has 0 unspecified atom stereocenters. The van der Waals surface area contributed by atoms with Gasteiger partial charge in [-0.3, -0.25) is 0 Å². The van der Waals surface area contributed by atoms with E-state index in [-0.39, 0.29) is 29.1 Å². The molecule has 3 aromatic rings. The van der Waals surface area contributed by atoms with Gasteiger partial charge in [-0.25, -0.2) is 26.9 Å². The Morgan fingerprint density at radius 3 is 2.74 bits per heavy atom. The minimum Gasteiger partial charge on any atom is -0.444 e. The van der Waals surface area contributed by atoms with Crippen LogP contribution >= 0.6 is 0 Å². The van der Waals surface area contributed by atoms with E-state index in [0.29, 0.717) is 5.69 Å². The maximum absolute atomic E-state index is 14.1. The van der Waals surface area contributed by atoms with Crippen LogP contribution in [-0.2, 0) is 6.42 Å². The summed E-state index contributed by atoms with van der Waals surface area (Å²) in [6.07, 6.45) is -1.90. The zero-order chi connectivity index (χ0) is 19.3. The van der Waals surface area contributed by atoms with Crippen LogP contribution in [0.1, 0.15) is 35.8 Å². The maximum Gasteiger partial charge on any atom is 0.278 e. The summed E-state index contributed by atoms with van der Waals surface area (Å²) in [5.74, 6) is -4.40. The van der Waals surface area contributed by atoms with E-state index < -0.39 is 36.3 Å². The zero-order valence-corrected chi connectivity index (χ0v) is 13.7.